The third kappa shape index (κ3) is 5.05. The van der Waals surface area contributed by atoms with Crippen molar-refractivity contribution < 1.29 is 13.2 Å². The number of carbonyl (C=O) groups excluding carboxylic acids is 1. The van der Waals surface area contributed by atoms with Crippen molar-refractivity contribution in [3.63, 3.8) is 0 Å². The summed E-state index contributed by atoms with van der Waals surface area (Å²) in [6.45, 7) is 1.78. The van der Waals surface area contributed by atoms with E-state index in [1.54, 1.807) is 18.6 Å². The molecule has 0 unspecified atom stereocenters. The van der Waals surface area contributed by atoms with Gasteiger partial charge >= 0.3 is 0 Å². The van der Waals surface area contributed by atoms with E-state index in [2.05, 4.69) is 10.3 Å². The number of carbonyl (C=O) groups is 1. The number of halogens is 2. The average molecular weight is 445 g/mol. The molecule has 1 fully saturated rings. The molecule has 2 aromatic rings. The summed E-state index contributed by atoms with van der Waals surface area (Å²) in [7, 11) is -3.81. The van der Waals surface area contributed by atoms with Gasteiger partial charge in [-0.05, 0) is 37.5 Å². The summed E-state index contributed by atoms with van der Waals surface area (Å²) < 4.78 is 29.2. The zero-order chi connectivity index (χ0) is 20.1. The predicted molar refractivity (Wildman–Crippen MR) is 108 cm³/mol. The van der Waals surface area contributed by atoms with E-state index in [1.807, 2.05) is 10.8 Å². The Morgan fingerprint density at radius 3 is 2.89 bits per heavy atom. The largest absolute Gasteiger partial charge is 0.356 e. The molecule has 3 rings (SSSR count). The number of amides is 1. The van der Waals surface area contributed by atoms with Crippen LogP contribution in [-0.4, -0.2) is 47.8 Å². The molecule has 1 amide bonds. The van der Waals surface area contributed by atoms with E-state index < -0.39 is 10.0 Å². The fourth-order valence-electron chi connectivity index (χ4n) is 3.23. The van der Waals surface area contributed by atoms with Gasteiger partial charge in [0, 0.05) is 43.6 Å². The van der Waals surface area contributed by atoms with Gasteiger partial charge in [0.2, 0.25) is 15.9 Å². The quantitative estimate of drug-likeness (QED) is 0.665. The first-order valence-electron chi connectivity index (χ1n) is 9.06. The molecule has 28 heavy (non-hydrogen) atoms. The maximum absolute atomic E-state index is 13.0. The number of benzene rings is 1. The number of nitrogens with one attached hydrogen (secondary N) is 1. The van der Waals surface area contributed by atoms with Crippen molar-refractivity contribution in [1.82, 2.24) is 19.2 Å². The third-order valence-corrected chi connectivity index (χ3v) is 7.30. The number of nitrogens with zero attached hydrogens (tertiary/aromatic N) is 3. The SMILES string of the molecule is O=C(NCCCn1ccnc1)[C@@H]1CCCN(S(=O)(=O)c2cc(Cl)ccc2Cl)C1. The van der Waals surface area contributed by atoms with E-state index in [1.165, 1.54) is 16.4 Å². The Bertz CT molecular complexity index is 919. The van der Waals surface area contributed by atoms with Crippen molar-refractivity contribution in [2.45, 2.75) is 30.7 Å². The molecule has 0 bridgehead atoms. The molecule has 0 aliphatic carbocycles. The van der Waals surface area contributed by atoms with Crippen molar-refractivity contribution in [2.24, 2.45) is 5.92 Å². The van der Waals surface area contributed by atoms with Crippen LogP contribution in [0.5, 0.6) is 0 Å². The first-order chi connectivity index (χ1) is 13.4. The van der Waals surface area contributed by atoms with Gasteiger partial charge in [-0.15, -0.1) is 0 Å². The number of hydrogen-bond donors (Lipinski definition) is 1. The molecular weight excluding hydrogens is 423 g/mol. The fourth-order valence-corrected chi connectivity index (χ4v) is 5.49. The number of piperidine rings is 1. The maximum Gasteiger partial charge on any atom is 0.244 e. The van der Waals surface area contributed by atoms with Crippen molar-refractivity contribution in [1.29, 1.82) is 0 Å². The van der Waals surface area contributed by atoms with Gasteiger partial charge in [0.25, 0.3) is 0 Å². The minimum atomic E-state index is -3.81. The molecule has 0 radical (unpaired) electrons. The molecule has 152 valence electrons. The highest BCUT2D eigenvalue weighted by atomic mass is 35.5. The second-order valence-electron chi connectivity index (χ2n) is 6.72. The lowest BCUT2D eigenvalue weighted by Gasteiger charge is -2.31. The Kier molecular flexibility index (Phi) is 6.98. The van der Waals surface area contributed by atoms with Gasteiger partial charge in [-0.2, -0.15) is 4.31 Å². The molecule has 10 heteroatoms. The highest BCUT2D eigenvalue weighted by Crippen LogP contribution is 2.30. The van der Waals surface area contributed by atoms with Gasteiger partial charge in [0.05, 0.1) is 17.3 Å². The molecule has 1 aliphatic heterocycles. The summed E-state index contributed by atoms with van der Waals surface area (Å²) in [5.74, 6) is -0.502. The smallest absolute Gasteiger partial charge is 0.244 e. The lowest BCUT2D eigenvalue weighted by Crippen LogP contribution is -2.45. The van der Waals surface area contributed by atoms with Gasteiger partial charge in [-0.1, -0.05) is 23.2 Å². The first-order valence-corrected chi connectivity index (χ1v) is 11.3. The third-order valence-electron chi connectivity index (χ3n) is 4.72. The zero-order valence-electron chi connectivity index (χ0n) is 15.2. The Hall–Kier alpha value is -1.61. The van der Waals surface area contributed by atoms with Crippen LogP contribution in [0.2, 0.25) is 10.0 Å². The Balaban J connectivity index is 1.58. The van der Waals surface area contributed by atoms with Gasteiger partial charge in [-0.3, -0.25) is 4.79 Å². The van der Waals surface area contributed by atoms with E-state index in [0.717, 1.165) is 13.0 Å². The maximum atomic E-state index is 13.0. The van der Waals surface area contributed by atoms with Crippen LogP contribution in [0.15, 0.2) is 41.8 Å². The van der Waals surface area contributed by atoms with E-state index in [0.29, 0.717) is 31.0 Å². The molecule has 1 atom stereocenters. The number of sulfonamides is 1. The van der Waals surface area contributed by atoms with Crippen LogP contribution >= 0.6 is 23.2 Å². The van der Waals surface area contributed by atoms with Crippen LogP contribution in [0.3, 0.4) is 0 Å². The van der Waals surface area contributed by atoms with Gasteiger partial charge in [0.1, 0.15) is 4.90 Å². The van der Waals surface area contributed by atoms with Crippen LogP contribution in [-0.2, 0) is 21.4 Å². The molecule has 1 aliphatic rings. The number of imidazole rings is 1. The molecule has 2 heterocycles. The second-order valence-corrected chi connectivity index (χ2v) is 9.47. The van der Waals surface area contributed by atoms with Crippen LogP contribution in [0.25, 0.3) is 0 Å². The van der Waals surface area contributed by atoms with Crippen LogP contribution in [0, 0.1) is 5.92 Å². The van der Waals surface area contributed by atoms with Crippen LogP contribution < -0.4 is 5.32 Å². The lowest BCUT2D eigenvalue weighted by atomic mass is 9.99. The van der Waals surface area contributed by atoms with Gasteiger partial charge in [0.15, 0.2) is 0 Å². The average Bonchev–Trinajstić information content (AvgIpc) is 3.20. The van der Waals surface area contributed by atoms with E-state index >= 15 is 0 Å². The van der Waals surface area contributed by atoms with Crippen molar-refractivity contribution >= 4 is 39.1 Å². The summed E-state index contributed by atoms with van der Waals surface area (Å²) in [6.07, 6.45) is 7.35. The molecular formula is C18H22Cl2N4O3S. The Labute approximate surface area is 174 Å². The molecule has 1 N–H and O–H groups in total. The Morgan fingerprint density at radius 1 is 1.32 bits per heavy atom. The fraction of sp³-hybridized carbons (Fsp3) is 0.444. The zero-order valence-corrected chi connectivity index (χ0v) is 17.6. The summed E-state index contributed by atoms with van der Waals surface area (Å²) in [5.41, 5.74) is 0. The summed E-state index contributed by atoms with van der Waals surface area (Å²) in [4.78, 5) is 16.4. The van der Waals surface area contributed by atoms with Crippen molar-refractivity contribution in [3.05, 3.63) is 47.0 Å². The minimum Gasteiger partial charge on any atom is -0.356 e. The molecule has 1 aromatic carbocycles. The first kappa shape index (κ1) is 21.1. The molecule has 1 aromatic heterocycles. The van der Waals surface area contributed by atoms with E-state index in [-0.39, 0.29) is 28.3 Å². The molecule has 0 spiro atoms. The lowest BCUT2D eigenvalue weighted by molar-refractivity contribution is -0.126. The molecule has 7 nitrogen and oxygen atoms in total. The normalized spacial score (nSPS) is 18.1. The summed E-state index contributed by atoms with van der Waals surface area (Å²) in [6, 6.07) is 4.35. The topological polar surface area (TPSA) is 84.3 Å². The summed E-state index contributed by atoms with van der Waals surface area (Å²) in [5, 5.41) is 3.32. The predicted octanol–water partition coefficient (Wildman–Crippen LogP) is 2.80. The van der Waals surface area contributed by atoms with Gasteiger partial charge < -0.3 is 9.88 Å². The number of aryl methyl sites for hydroxylation is 1. The van der Waals surface area contributed by atoms with E-state index in [9.17, 15) is 13.2 Å². The summed E-state index contributed by atoms with van der Waals surface area (Å²) >= 11 is 12.0. The number of rotatable bonds is 7. The highest BCUT2D eigenvalue weighted by Gasteiger charge is 2.34. The number of hydrogen-bond acceptors (Lipinski definition) is 4. The van der Waals surface area contributed by atoms with E-state index in [4.69, 9.17) is 23.2 Å². The standard InChI is InChI=1S/C18H22Cl2N4O3S/c19-15-4-5-16(20)17(11-15)28(26,27)24-9-1-3-14(12-24)18(25)22-6-2-8-23-10-7-21-13-23/h4-5,7,10-11,13-14H,1-3,6,8-9,12H2,(H,22,25)/t14-/m1/s1. The minimum absolute atomic E-state index is 0.0249. The van der Waals surface area contributed by atoms with Crippen LogP contribution in [0.4, 0.5) is 0 Å². The van der Waals surface area contributed by atoms with Crippen molar-refractivity contribution in [3.8, 4) is 0 Å². The molecule has 0 saturated carbocycles. The molecule has 1 saturated heterocycles. The van der Waals surface area contributed by atoms with Crippen molar-refractivity contribution in [2.75, 3.05) is 19.6 Å². The highest BCUT2D eigenvalue weighted by molar-refractivity contribution is 7.89. The number of aromatic nitrogens is 2. The van der Waals surface area contributed by atoms with Crippen LogP contribution in [0.1, 0.15) is 19.3 Å². The second kappa shape index (κ2) is 9.26. The van der Waals surface area contributed by atoms with Gasteiger partial charge in [-0.25, -0.2) is 13.4 Å². The monoisotopic (exact) mass is 444 g/mol. The Morgan fingerprint density at radius 2 is 2.14 bits per heavy atom.